The van der Waals surface area contributed by atoms with Gasteiger partial charge in [0.15, 0.2) is 12.6 Å². The van der Waals surface area contributed by atoms with E-state index in [0.717, 1.165) is 44.9 Å². The zero-order valence-corrected chi connectivity index (χ0v) is 60.0. The van der Waals surface area contributed by atoms with Crippen LogP contribution in [-0.4, -0.2) is 140 Å². The summed E-state index contributed by atoms with van der Waals surface area (Å²) in [4.78, 5) is 13.4. The molecule has 2 fully saturated rings. The predicted molar refractivity (Wildman–Crippen MR) is 383 cm³/mol. The molecule has 14 nitrogen and oxygen atoms in total. The largest absolute Gasteiger partial charge is 0.394 e. The maximum Gasteiger partial charge on any atom is 0.220 e. The Labute approximate surface area is 570 Å². The Morgan fingerprint density at radius 2 is 0.710 bits per heavy atom. The van der Waals surface area contributed by atoms with Crippen LogP contribution in [0.3, 0.4) is 0 Å². The molecule has 0 aromatic carbocycles. The molecule has 548 valence electrons. The van der Waals surface area contributed by atoms with Crippen molar-refractivity contribution in [2.24, 2.45) is 0 Å². The SMILES string of the molecule is CCCCCCC/C=C\C/C=C\CCCCCCCCCCCCCCCCCCCC(=O)NC(COC1OC(CO)C(OC2OC(CO)C(O)C(O)C2O)C(O)C1O)C(O)/C=C/CCCCCCCCCCCCCCCCCCCCCCCCCCCCCC. The van der Waals surface area contributed by atoms with Crippen LogP contribution in [0.15, 0.2) is 36.5 Å². The van der Waals surface area contributed by atoms with Crippen LogP contribution < -0.4 is 5.32 Å². The van der Waals surface area contributed by atoms with Crippen LogP contribution in [0.5, 0.6) is 0 Å². The van der Waals surface area contributed by atoms with E-state index in [0.29, 0.717) is 6.42 Å². The Morgan fingerprint density at radius 3 is 1.08 bits per heavy atom. The molecule has 0 bridgehead atoms. The number of aliphatic hydroxyl groups excluding tert-OH is 8. The molecule has 1 amide bonds. The van der Waals surface area contributed by atoms with E-state index < -0.39 is 86.8 Å². The first kappa shape index (κ1) is 87.3. The molecule has 2 rings (SSSR count). The molecule has 0 aromatic rings. The van der Waals surface area contributed by atoms with E-state index in [1.165, 1.54) is 295 Å². The minimum atomic E-state index is -1.79. The number of unbranched alkanes of at least 4 members (excludes halogenated alkanes) is 50. The summed E-state index contributed by atoms with van der Waals surface area (Å²) in [7, 11) is 0. The van der Waals surface area contributed by atoms with Crippen LogP contribution in [0.4, 0.5) is 0 Å². The van der Waals surface area contributed by atoms with Crippen molar-refractivity contribution < 1.29 is 64.6 Å². The van der Waals surface area contributed by atoms with Crippen LogP contribution in [0.1, 0.15) is 367 Å². The second kappa shape index (κ2) is 63.6. The fourth-order valence-electron chi connectivity index (χ4n) is 13.3. The van der Waals surface area contributed by atoms with Gasteiger partial charge in [0.05, 0.1) is 32.0 Å². The zero-order valence-electron chi connectivity index (χ0n) is 60.0. The fraction of sp³-hybridized carbons (Fsp3) is 0.911. The molecular formula is C79H149NO13. The third-order valence-corrected chi connectivity index (χ3v) is 19.6. The maximum absolute atomic E-state index is 13.4. The van der Waals surface area contributed by atoms with Crippen LogP contribution in [0.2, 0.25) is 0 Å². The highest BCUT2D eigenvalue weighted by Gasteiger charge is 2.51. The minimum Gasteiger partial charge on any atom is -0.394 e. The number of amides is 1. The molecule has 12 atom stereocenters. The lowest BCUT2D eigenvalue weighted by atomic mass is 9.97. The highest BCUT2D eigenvalue weighted by Crippen LogP contribution is 2.30. The van der Waals surface area contributed by atoms with Gasteiger partial charge < -0.3 is 65.1 Å². The maximum atomic E-state index is 13.4. The normalized spacial score (nSPS) is 22.7. The third kappa shape index (κ3) is 47.0. The summed E-state index contributed by atoms with van der Waals surface area (Å²) in [6.45, 7) is 2.85. The molecule has 0 aliphatic carbocycles. The van der Waals surface area contributed by atoms with Gasteiger partial charge in [-0.3, -0.25) is 4.79 Å². The van der Waals surface area contributed by atoms with E-state index >= 15 is 0 Å². The second-order valence-electron chi connectivity index (χ2n) is 28.2. The molecular weight excluding hydrogens is 1170 g/mol. The third-order valence-electron chi connectivity index (χ3n) is 19.6. The summed E-state index contributed by atoms with van der Waals surface area (Å²) in [5.74, 6) is -0.232. The van der Waals surface area contributed by atoms with Gasteiger partial charge in [-0.2, -0.15) is 0 Å². The van der Waals surface area contributed by atoms with Gasteiger partial charge in [-0.15, -0.1) is 0 Å². The summed E-state index contributed by atoms with van der Waals surface area (Å²) in [5.41, 5.74) is 0. The molecule has 0 spiro atoms. The molecule has 0 saturated carbocycles. The van der Waals surface area contributed by atoms with E-state index in [9.17, 15) is 45.6 Å². The highest BCUT2D eigenvalue weighted by atomic mass is 16.7. The molecule has 14 heteroatoms. The number of hydrogen-bond acceptors (Lipinski definition) is 13. The van der Waals surface area contributed by atoms with E-state index in [2.05, 4.69) is 43.5 Å². The summed E-state index contributed by atoms with van der Waals surface area (Å²) >= 11 is 0. The lowest BCUT2D eigenvalue weighted by molar-refractivity contribution is -0.359. The highest BCUT2D eigenvalue weighted by molar-refractivity contribution is 5.76. The van der Waals surface area contributed by atoms with Crippen molar-refractivity contribution in [3.05, 3.63) is 36.5 Å². The number of nitrogens with one attached hydrogen (secondary N) is 1. The smallest absolute Gasteiger partial charge is 0.220 e. The lowest BCUT2D eigenvalue weighted by Gasteiger charge is -2.46. The van der Waals surface area contributed by atoms with Crippen molar-refractivity contribution in [1.29, 1.82) is 0 Å². The molecule has 0 radical (unpaired) electrons. The first-order valence-electron chi connectivity index (χ1n) is 39.7. The minimum absolute atomic E-state index is 0.232. The number of allylic oxidation sites excluding steroid dienone is 5. The number of ether oxygens (including phenoxy) is 4. The van der Waals surface area contributed by atoms with Gasteiger partial charge in [0.2, 0.25) is 5.91 Å². The first-order valence-corrected chi connectivity index (χ1v) is 39.7. The monoisotopic (exact) mass is 1320 g/mol. The lowest BCUT2D eigenvalue weighted by Crippen LogP contribution is -2.65. The van der Waals surface area contributed by atoms with Crippen LogP contribution in [-0.2, 0) is 23.7 Å². The summed E-state index contributed by atoms with van der Waals surface area (Å²) < 4.78 is 22.9. The van der Waals surface area contributed by atoms with Gasteiger partial charge in [-0.1, -0.05) is 346 Å². The average molecular weight is 1320 g/mol. The number of rotatable bonds is 67. The standard InChI is InChI=1S/C79H149NO13/c1-3-5-7-9-11-13-15-17-19-21-23-25-27-29-31-33-35-36-38-40-42-44-46-48-50-52-54-56-58-60-62-68(83)67(66-90-78-76(89)74(87)77(70(65-82)92-78)93-79-75(88)73(86)72(85)69(64-81)91-79)80-71(84)63-61-59-57-55-53-51-49-47-45-43-41-39-37-34-32-30-28-26-24-22-20-18-16-14-12-10-8-6-4-2/h16,18,22,24,60,62,67-70,72-79,81-83,85-89H,3-15,17,19-21,23,25-59,61,63-66H2,1-2H3,(H,80,84)/b18-16-,24-22-,62-60+. The average Bonchev–Trinajstić information content (AvgIpc) is 0.854. The number of hydrogen-bond donors (Lipinski definition) is 9. The molecule has 2 aliphatic heterocycles. The number of aliphatic hydroxyl groups is 8. The molecule has 2 heterocycles. The molecule has 2 aliphatic rings. The van der Waals surface area contributed by atoms with Gasteiger partial charge in [-0.05, 0) is 51.4 Å². The van der Waals surface area contributed by atoms with Crippen LogP contribution in [0, 0.1) is 0 Å². The van der Waals surface area contributed by atoms with Gasteiger partial charge in [0.25, 0.3) is 0 Å². The number of carbonyl (C=O) groups excluding carboxylic acids is 1. The Bertz CT molecular complexity index is 1700. The zero-order chi connectivity index (χ0) is 67.3. The van der Waals surface area contributed by atoms with E-state index in [4.69, 9.17) is 18.9 Å². The van der Waals surface area contributed by atoms with E-state index in [1.807, 2.05) is 6.08 Å². The second-order valence-corrected chi connectivity index (χ2v) is 28.2. The van der Waals surface area contributed by atoms with Crippen molar-refractivity contribution in [2.75, 3.05) is 19.8 Å². The predicted octanol–water partition coefficient (Wildman–Crippen LogP) is 17.6. The van der Waals surface area contributed by atoms with Crippen molar-refractivity contribution in [1.82, 2.24) is 5.32 Å². The Morgan fingerprint density at radius 1 is 0.387 bits per heavy atom. The Balaban J connectivity index is 1.63. The molecule has 93 heavy (non-hydrogen) atoms. The van der Waals surface area contributed by atoms with Gasteiger partial charge in [0, 0.05) is 6.42 Å². The fourth-order valence-corrected chi connectivity index (χ4v) is 13.3. The molecule has 12 unspecified atom stereocenters. The summed E-state index contributed by atoms with van der Waals surface area (Å²) in [5, 5.41) is 87.7. The van der Waals surface area contributed by atoms with E-state index in [-0.39, 0.29) is 18.9 Å². The van der Waals surface area contributed by atoms with E-state index in [1.54, 1.807) is 6.08 Å². The molecule has 0 aromatic heterocycles. The quantitative estimate of drug-likeness (QED) is 0.0204. The Hall–Kier alpha value is -1.79. The molecule has 2 saturated heterocycles. The van der Waals surface area contributed by atoms with Gasteiger partial charge in [-0.25, -0.2) is 0 Å². The Kier molecular flexibility index (Phi) is 59.7. The van der Waals surface area contributed by atoms with Crippen molar-refractivity contribution in [2.45, 2.75) is 441 Å². The van der Waals surface area contributed by atoms with Crippen molar-refractivity contribution in [3.8, 4) is 0 Å². The van der Waals surface area contributed by atoms with Crippen molar-refractivity contribution in [3.63, 3.8) is 0 Å². The topological polar surface area (TPSA) is 228 Å². The summed E-state index contributed by atoms with van der Waals surface area (Å²) in [6.07, 6.45) is 66.5. The van der Waals surface area contributed by atoms with Gasteiger partial charge in [0.1, 0.15) is 48.8 Å². The van der Waals surface area contributed by atoms with Crippen molar-refractivity contribution >= 4 is 5.91 Å². The van der Waals surface area contributed by atoms with Crippen LogP contribution in [0.25, 0.3) is 0 Å². The van der Waals surface area contributed by atoms with Crippen LogP contribution >= 0.6 is 0 Å². The van der Waals surface area contributed by atoms with Gasteiger partial charge >= 0.3 is 0 Å². The first-order chi connectivity index (χ1) is 45.6. The summed E-state index contributed by atoms with van der Waals surface area (Å²) in [6, 6.07) is -0.916. The number of carbonyl (C=O) groups is 1. The molecule has 9 N–H and O–H groups in total.